The zero-order valence-electron chi connectivity index (χ0n) is 10.0. The molecular formula is C16H12OS. The van der Waals surface area contributed by atoms with Crippen LogP contribution in [0, 0.1) is 6.92 Å². The van der Waals surface area contributed by atoms with E-state index in [0.717, 1.165) is 26.8 Å². The van der Waals surface area contributed by atoms with Crippen molar-refractivity contribution >= 4 is 27.2 Å². The van der Waals surface area contributed by atoms with E-state index < -0.39 is 0 Å². The van der Waals surface area contributed by atoms with Gasteiger partial charge in [0.1, 0.15) is 0 Å². The molecule has 0 N–H and O–H groups in total. The number of hydrogen-bond donors (Lipinski definition) is 0. The predicted molar refractivity (Wildman–Crippen MR) is 76.4 cm³/mol. The molecule has 1 aromatic heterocycles. The fourth-order valence-electron chi connectivity index (χ4n) is 2.13. The number of thiophene rings is 1. The monoisotopic (exact) mass is 252 g/mol. The number of carbonyl (C=O) groups excluding carboxylic acids is 1. The molecule has 1 heterocycles. The Bertz CT molecular complexity index is 725. The molecule has 0 saturated heterocycles. The molecule has 2 heteroatoms. The molecule has 3 aromatic rings. The quantitative estimate of drug-likeness (QED) is 0.616. The summed E-state index contributed by atoms with van der Waals surface area (Å²) in [6.07, 6.45) is 0. The summed E-state index contributed by atoms with van der Waals surface area (Å²) in [5.74, 6) is 0.116. The van der Waals surface area contributed by atoms with Crippen LogP contribution in [0.5, 0.6) is 0 Å². The first-order valence-corrected chi connectivity index (χ1v) is 6.72. The van der Waals surface area contributed by atoms with E-state index >= 15 is 0 Å². The van der Waals surface area contributed by atoms with E-state index in [1.165, 1.54) is 0 Å². The lowest BCUT2D eigenvalue weighted by atomic mass is 9.99. The number of ketones is 1. The highest BCUT2D eigenvalue weighted by molar-refractivity contribution is 7.17. The van der Waals surface area contributed by atoms with Crippen molar-refractivity contribution in [3.63, 3.8) is 0 Å². The van der Waals surface area contributed by atoms with Gasteiger partial charge in [0.2, 0.25) is 0 Å². The molecule has 0 fully saturated rings. The second kappa shape index (κ2) is 4.39. The topological polar surface area (TPSA) is 17.1 Å². The summed E-state index contributed by atoms with van der Waals surface area (Å²) in [6.45, 7) is 1.97. The molecule has 1 nitrogen and oxygen atoms in total. The molecule has 0 aliphatic rings. The maximum Gasteiger partial charge on any atom is 0.194 e. The molecule has 0 aliphatic heterocycles. The fraction of sp³-hybridized carbons (Fsp3) is 0.0625. The van der Waals surface area contributed by atoms with E-state index in [4.69, 9.17) is 0 Å². The highest BCUT2D eigenvalue weighted by atomic mass is 32.1. The summed E-state index contributed by atoms with van der Waals surface area (Å²) in [6, 6.07) is 15.8. The van der Waals surface area contributed by atoms with Crippen molar-refractivity contribution in [2.45, 2.75) is 6.92 Å². The molecule has 18 heavy (non-hydrogen) atoms. The van der Waals surface area contributed by atoms with Crippen LogP contribution < -0.4 is 0 Å². The predicted octanol–water partition coefficient (Wildman–Crippen LogP) is 4.44. The second-order valence-corrected chi connectivity index (χ2v) is 5.20. The first-order valence-electron chi connectivity index (χ1n) is 5.84. The van der Waals surface area contributed by atoms with Crippen LogP contribution in [0.1, 0.15) is 21.5 Å². The van der Waals surface area contributed by atoms with Crippen LogP contribution in [-0.4, -0.2) is 5.78 Å². The maximum atomic E-state index is 12.5. The Hall–Kier alpha value is -1.93. The third kappa shape index (κ3) is 1.75. The average Bonchev–Trinajstić information content (AvgIpc) is 2.82. The fourth-order valence-corrected chi connectivity index (χ4v) is 3.07. The first-order chi connectivity index (χ1) is 8.77. The van der Waals surface area contributed by atoms with Crippen LogP contribution in [0.3, 0.4) is 0 Å². The highest BCUT2D eigenvalue weighted by Crippen LogP contribution is 2.28. The van der Waals surface area contributed by atoms with Gasteiger partial charge in [-0.2, -0.15) is 0 Å². The van der Waals surface area contributed by atoms with E-state index in [9.17, 15) is 4.79 Å². The van der Waals surface area contributed by atoms with Gasteiger partial charge in [-0.3, -0.25) is 4.79 Å². The molecular weight excluding hydrogens is 240 g/mol. The van der Waals surface area contributed by atoms with Gasteiger partial charge in [-0.15, -0.1) is 11.3 Å². The number of benzene rings is 2. The van der Waals surface area contributed by atoms with Gasteiger partial charge in [0.05, 0.1) is 0 Å². The molecule has 0 aliphatic carbocycles. The van der Waals surface area contributed by atoms with Crippen molar-refractivity contribution in [1.29, 1.82) is 0 Å². The normalized spacial score (nSPS) is 10.7. The smallest absolute Gasteiger partial charge is 0.194 e. The van der Waals surface area contributed by atoms with Gasteiger partial charge in [0, 0.05) is 26.6 Å². The van der Waals surface area contributed by atoms with E-state index in [2.05, 4.69) is 6.07 Å². The number of rotatable bonds is 2. The minimum atomic E-state index is 0.116. The summed E-state index contributed by atoms with van der Waals surface area (Å²) >= 11 is 1.62. The summed E-state index contributed by atoms with van der Waals surface area (Å²) in [7, 11) is 0. The van der Waals surface area contributed by atoms with Crippen molar-refractivity contribution in [3.05, 3.63) is 70.6 Å². The van der Waals surface area contributed by atoms with Gasteiger partial charge in [0.15, 0.2) is 5.78 Å². The zero-order valence-corrected chi connectivity index (χ0v) is 10.8. The maximum absolute atomic E-state index is 12.5. The molecule has 88 valence electrons. The van der Waals surface area contributed by atoms with Crippen LogP contribution in [0.4, 0.5) is 0 Å². The van der Waals surface area contributed by atoms with Gasteiger partial charge >= 0.3 is 0 Å². The van der Waals surface area contributed by atoms with Crippen molar-refractivity contribution in [3.8, 4) is 0 Å². The van der Waals surface area contributed by atoms with Crippen LogP contribution in [0.2, 0.25) is 0 Å². The Morgan fingerprint density at radius 3 is 2.50 bits per heavy atom. The minimum absolute atomic E-state index is 0.116. The molecule has 0 unspecified atom stereocenters. The number of fused-ring (bicyclic) bond motifs is 1. The number of carbonyl (C=O) groups is 1. The average molecular weight is 252 g/mol. The van der Waals surface area contributed by atoms with E-state index in [1.807, 2.05) is 54.8 Å². The van der Waals surface area contributed by atoms with Crippen LogP contribution in [0.15, 0.2) is 53.9 Å². The van der Waals surface area contributed by atoms with Crippen molar-refractivity contribution in [1.82, 2.24) is 0 Å². The van der Waals surface area contributed by atoms with Crippen LogP contribution >= 0.6 is 11.3 Å². The van der Waals surface area contributed by atoms with Gasteiger partial charge in [-0.25, -0.2) is 0 Å². The van der Waals surface area contributed by atoms with E-state index in [0.29, 0.717) is 0 Å². The van der Waals surface area contributed by atoms with Crippen molar-refractivity contribution < 1.29 is 4.79 Å². The Labute approximate surface area is 110 Å². The summed E-state index contributed by atoms with van der Waals surface area (Å²) in [5.41, 5.74) is 2.63. The molecule has 0 spiro atoms. The Kier molecular flexibility index (Phi) is 2.73. The largest absolute Gasteiger partial charge is 0.289 e. The van der Waals surface area contributed by atoms with Crippen molar-refractivity contribution in [2.24, 2.45) is 0 Å². The summed E-state index contributed by atoms with van der Waals surface area (Å²) < 4.78 is 1.16. The summed E-state index contributed by atoms with van der Waals surface area (Å²) in [5, 5.41) is 3.01. The second-order valence-electron chi connectivity index (χ2n) is 4.29. The van der Waals surface area contributed by atoms with Crippen molar-refractivity contribution in [2.75, 3.05) is 0 Å². The van der Waals surface area contributed by atoms with E-state index in [1.54, 1.807) is 11.3 Å². The third-order valence-electron chi connectivity index (χ3n) is 3.12. The first kappa shape index (κ1) is 11.2. The number of aryl methyl sites for hydroxylation is 1. The zero-order chi connectivity index (χ0) is 12.5. The lowest BCUT2D eigenvalue weighted by molar-refractivity contribution is 0.104. The van der Waals surface area contributed by atoms with Gasteiger partial charge in [0.25, 0.3) is 0 Å². The molecule has 0 bridgehead atoms. The van der Waals surface area contributed by atoms with E-state index in [-0.39, 0.29) is 5.78 Å². The van der Waals surface area contributed by atoms with Gasteiger partial charge in [-0.1, -0.05) is 42.5 Å². The third-order valence-corrected chi connectivity index (χ3v) is 4.08. The Balaban J connectivity index is 2.16. The molecule has 0 amide bonds. The van der Waals surface area contributed by atoms with Gasteiger partial charge in [-0.05, 0) is 18.6 Å². The molecule has 2 aromatic carbocycles. The van der Waals surface area contributed by atoms with Crippen LogP contribution in [-0.2, 0) is 0 Å². The lowest BCUT2D eigenvalue weighted by Gasteiger charge is -2.03. The Morgan fingerprint density at radius 1 is 0.944 bits per heavy atom. The highest BCUT2D eigenvalue weighted by Gasteiger charge is 2.15. The molecule has 0 atom stereocenters. The minimum Gasteiger partial charge on any atom is -0.289 e. The lowest BCUT2D eigenvalue weighted by Crippen LogP contribution is -2.02. The van der Waals surface area contributed by atoms with Gasteiger partial charge < -0.3 is 0 Å². The molecule has 0 saturated carbocycles. The standard InChI is InChI=1S/C16H12OS/c1-11-6-2-3-7-12(11)16(17)14-10-18-15-9-5-4-8-13(14)15/h2-10H,1H3. The Morgan fingerprint density at radius 2 is 1.67 bits per heavy atom. The summed E-state index contributed by atoms with van der Waals surface area (Å²) in [4.78, 5) is 12.5. The molecule has 0 radical (unpaired) electrons. The molecule has 3 rings (SSSR count). The van der Waals surface area contributed by atoms with Crippen LogP contribution in [0.25, 0.3) is 10.1 Å². The SMILES string of the molecule is Cc1ccccc1C(=O)c1csc2ccccc12. The number of hydrogen-bond acceptors (Lipinski definition) is 2.